The molecule has 0 saturated heterocycles. The van der Waals surface area contributed by atoms with Gasteiger partial charge in [0.2, 0.25) is 0 Å². The molecule has 0 spiro atoms. The Morgan fingerprint density at radius 2 is 1.79 bits per heavy atom. The maximum Gasteiger partial charge on any atom is 0.104 e. The fraction of sp³-hybridized carbons (Fsp3) is 0. The Kier molecular flexibility index (Phi) is 4.68. The van der Waals surface area contributed by atoms with E-state index in [9.17, 15) is 0 Å². The molecule has 0 bridgehead atoms. The van der Waals surface area contributed by atoms with E-state index in [2.05, 4.69) is 21.2 Å². The van der Waals surface area contributed by atoms with E-state index in [1.165, 1.54) is 0 Å². The first-order chi connectivity index (χ1) is 8.99. The Bertz CT molecular complexity index is 626. The van der Waals surface area contributed by atoms with Crippen molar-refractivity contribution in [2.75, 3.05) is 5.32 Å². The van der Waals surface area contributed by atoms with Gasteiger partial charge in [0.25, 0.3) is 0 Å². The monoisotopic (exact) mass is 374 g/mol. The molecule has 2 aromatic carbocycles. The summed E-state index contributed by atoms with van der Waals surface area (Å²) in [7, 11) is 0. The third-order valence-corrected chi connectivity index (χ3v) is 4.00. The van der Waals surface area contributed by atoms with Crippen LogP contribution in [0.25, 0.3) is 0 Å². The van der Waals surface area contributed by atoms with Gasteiger partial charge in [-0.05, 0) is 46.3 Å². The van der Waals surface area contributed by atoms with Gasteiger partial charge in [0.1, 0.15) is 4.99 Å². The van der Waals surface area contributed by atoms with Crippen molar-refractivity contribution in [1.29, 1.82) is 0 Å². The fourth-order valence-electron chi connectivity index (χ4n) is 1.52. The zero-order valence-corrected chi connectivity index (χ0v) is 13.5. The molecule has 0 heterocycles. The molecule has 98 valence electrons. The molecule has 6 heteroatoms. The summed E-state index contributed by atoms with van der Waals surface area (Å²) in [6.07, 6.45) is 0. The summed E-state index contributed by atoms with van der Waals surface area (Å²) in [5, 5.41) is 4.29. The molecule has 0 aliphatic heterocycles. The molecule has 0 radical (unpaired) electrons. The number of para-hydroxylation sites is 1. The second-order valence-corrected chi connectivity index (χ2v) is 5.89. The lowest BCUT2D eigenvalue weighted by atomic mass is 10.2. The highest BCUT2D eigenvalue weighted by Gasteiger charge is 2.08. The molecule has 0 aromatic heterocycles. The van der Waals surface area contributed by atoms with Crippen molar-refractivity contribution in [2.24, 2.45) is 5.73 Å². The van der Waals surface area contributed by atoms with Crippen LogP contribution >= 0.6 is 51.3 Å². The number of hydrogen-bond acceptors (Lipinski definition) is 2. The molecular weight excluding hydrogens is 367 g/mol. The second-order valence-electron chi connectivity index (χ2n) is 3.78. The fourth-order valence-corrected chi connectivity index (χ4v) is 2.62. The lowest BCUT2D eigenvalue weighted by Gasteiger charge is -2.12. The lowest BCUT2D eigenvalue weighted by Crippen LogP contribution is -2.09. The molecule has 0 saturated carbocycles. The van der Waals surface area contributed by atoms with E-state index in [1.807, 2.05) is 18.2 Å². The smallest absolute Gasteiger partial charge is 0.104 e. The van der Waals surface area contributed by atoms with Crippen molar-refractivity contribution in [3.63, 3.8) is 0 Å². The minimum absolute atomic E-state index is 0.350. The zero-order valence-electron chi connectivity index (χ0n) is 9.58. The summed E-state index contributed by atoms with van der Waals surface area (Å²) in [5.74, 6) is 0. The third-order valence-electron chi connectivity index (χ3n) is 2.48. The summed E-state index contributed by atoms with van der Waals surface area (Å²) < 4.78 is 0.828. The SMILES string of the molecule is NC(=S)c1ccc(Nc2c(Cl)cccc2Cl)c(Br)c1. The average Bonchev–Trinajstić information content (AvgIpc) is 2.35. The van der Waals surface area contributed by atoms with Crippen LogP contribution in [-0.2, 0) is 0 Å². The zero-order chi connectivity index (χ0) is 14.0. The van der Waals surface area contributed by atoms with Crippen molar-refractivity contribution < 1.29 is 0 Å². The molecule has 0 aliphatic rings. The summed E-state index contributed by atoms with van der Waals surface area (Å²) in [4.78, 5) is 0.350. The largest absolute Gasteiger partial charge is 0.389 e. The molecule has 0 unspecified atom stereocenters. The highest BCUT2D eigenvalue weighted by molar-refractivity contribution is 9.10. The summed E-state index contributed by atoms with van der Waals surface area (Å²) in [6, 6.07) is 10.9. The Balaban J connectivity index is 2.36. The van der Waals surface area contributed by atoms with E-state index in [-0.39, 0.29) is 0 Å². The number of hydrogen-bond donors (Lipinski definition) is 2. The van der Waals surface area contributed by atoms with Crippen molar-refractivity contribution in [2.45, 2.75) is 0 Å². The number of halogens is 3. The first-order valence-electron chi connectivity index (χ1n) is 5.29. The van der Waals surface area contributed by atoms with Crippen LogP contribution in [0.3, 0.4) is 0 Å². The van der Waals surface area contributed by atoms with Crippen LogP contribution in [0.4, 0.5) is 11.4 Å². The number of thiocarbonyl (C=S) groups is 1. The first-order valence-corrected chi connectivity index (χ1v) is 7.25. The van der Waals surface area contributed by atoms with Crippen LogP contribution in [0.1, 0.15) is 5.56 Å². The molecule has 0 fully saturated rings. The van der Waals surface area contributed by atoms with Crippen LogP contribution in [0.15, 0.2) is 40.9 Å². The van der Waals surface area contributed by atoms with E-state index >= 15 is 0 Å². The first kappa shape index (κ1) is 14.6. The van der Waals surface area contributed by atoms with Gasteiger partial charge in [-0.2, -0.15) is 0 Å². The molecule has 0 aliphatic carbocycles. The van der Waals surface area contributed by atoms with E-state index in [1.54, 1.807) is 18.2 Å². The highest BCUT2D eigenvalue weighted by Crippen LogP contribution is 2.35. The standard InChI is InChI=1S/C13H9BrCl2N2S/c14-8-6-7(13(17)19)4-5-11(8)18-12-9(15)2-1-3-10(12)16/h1-6,18H,(H2,17,19). The van der Waals surface area contributed by atoms with Gasteiger partial charge in [0.05, 0.1) is 21.4 Å². The number of benzene rings is 2. The Labute approximate surface area is 135 Å². The van der Waals surface area contributed by atoms with Crippen molar-refractivity contribution in [3.05, 3.63) is 56.5 Å². The van der Waals surface area contributed by atoms with E-state index in [0.29, 0.717) is 20.7 Å². The summed E-state index contributed by atoms with van der Waals surface area (Å²) >= 11 is 20.6. The Morgan fingerprint density at radius 1 is 1.16 bits per heavy atom. The van der Waals surface area contributed by atoms with Crippen LogP contribution in [0.2, 0.25) is 10.0 Å². The summed E-state index contributed by atoms with van der Waals surface area (Å²) in [6.45, 7) is 0. The highest BCUT2D eigenvalue weighted by atomic mass is 79.9. The number of nitrogens with two attached hydrogens (primary N) is 1. The second kappa shape index (κ2) is 6.09. The average molecular weight is 376 g/mol. The number of rotatable bonds is 3. The summed E-state index contributed by atoms with van der Waals surface area (Å²) in [5.41, 5.74) is 7.86. The minimum Gasteiger partial charge on any atom is -0.389 e. The van der Waals surface area contributed by atoms with Crippen LogP contribution in [0, 0.1) is 0 Å². The van der Waals surface area contributed by atoms with Crippen LogP contribution < -0.4 is 11.1 Å². The quantitative estimate of drug-likeness (QED) is 0.730. The van der Waals surface area contributed by atoms with Gasteiger partial charge in [-0.1, -0.05) is 41.5 Å². The molecule has 2 nitrogen and oxygen atoms in total. The maximum absolute atomic E-state index is 6.11. The van der Waals surface area contributed by atoms with Gasteiger partial charge in [0, 0.05) is 10.0 Å². The number of nitrogens with one attached hydrogen (secondary N) is 1. The Hall–Kier alpha value is -0.810. The topological polar surface area (TPSA) is 38.0 Å². The molecule has 19 heavy (non-hydrogen) atoms. The molecule has 2 rings (SSSR count). The molecule has 0 atom stereocenters. The normalized spacial score (nSPS) is 10.3. The molecular formula is C13H9BrCl2N2S. The van der Waals surface area contributed by atoms with Gasteiger partial charge >= 0.3 is 0 Å². The van der Waals surface area contributed by atoms with Crippen molar-refractivity contribution in [3.8, 4) is 0 Å². The molecule has 2 aromatic rings. The predicted octanol–water partition coefficient (Wildman–Crippen LogP) is 5.13. The maximum atomic E-state index is 6.11. The minimum atomic E-state index is 0.350. The van der Waals surface area contributed by atoms with Crippen LogP contribution in [-0.4, -0.2) is 4.99 Å². The Morgan fingerprint density at radius 3 is 2.32 bits per heavy atom. The molecule has 3 N–H and O–H groups in total. The predicted molar refractivity (Wildman–Crippen MR) is 89.8 cm³/mol. The van der Waals surface area contributed by atoms with Gasteiger partial charge in [-0.3, -0.25) is 0 Å². The lowest BCUT2D eigenvalue weighted by molar-refractivity contribution is 1.51. The van der Waals surface area contributed by atoms with Gasteiger partial charge in [-0.15, -0.1) is 0 Å². The number of anilines is 2. The van der Waals surface area contributed by atoms with E-state index in [4.69, 9.17) is 41.2 Å². The van der Waals surface area contributed by atoms with E-state index < -0.39 is 0 Å². The van der Waals surface area contributed by atoms with Crippen LogP contribution in [0.5, 0.6) is 0 Å². The van der Waals surface area contributed by atoms with Gasteiger partial charge < -0.3 is 11.1 Å². The van der Waals surface area contributed by atoms with E-state index in [0.717, 1.165) is 15.7 Å². The molecule has 0 amide bonds. The third kappa shape index (κ3) is 3.39. The van der Waals surface area contributed by atoms with Gasteiger partial charge in [0.15, 0.2) is 0 Å². The van der Waals surface area contributed by atoms with Crippen molar-refractivity contribution >= 4 is 67.7 Å². The van der Waals surface area contributed by atoms with Crippen molar-refractivity contribution in [1.82, 2.24) is 0 Å². The van der Waals surface area contributed by atoms with Gasteiger partial charge in [-0.25, -0.2) is 0 Å².